The first kappa shape index (κ1) is 19.8. The highest BCUT2D eigenvalue weighted by Crippen LogP contribution is 2.29. The zero-order chi connectivity index (χ0) is 17.9. The van der Waals surface area contributed by atoms with E-state index in [0.717, 1.165) is 25.3 Å². The molecule has 0 fully saturated rings. The molecule has 0 spiro atoms. The normalized spacial score (nSPS) is 12.4. The lowest BCUT2D eigenvalue weighted by Gasteiger charge is -2.18. The highest BCUT2D eigenvalue weighted by molar-refractivity contribution is 5.87. The number of unbranched alkanes of at least 4 members (excludes halogenated alkanes) is 5. The Morgan fingerprint density at radius 2 is 1.68 bits per heavy atom. The molecule has 2 aromatic carbocycles. The smallest absolute Gasteiger partial charge is 0.124 e. The van der Waals surface area contributed by atoms with Crippen molar-refractivity contribution in [3.8, 4) is 5.75 Å². The molecule has 25 heavy (non-hydrogen) atoms. The molecule has 0 radical (unpaired) electrons. The molecule has 0 aromatic heterocycles. The molecular formula is C23H35NO. The van der Waals surface area contributed by atoms with Crippen LogP contribution in [0.5, 0.6) is 5.75 Å². The van der Waals surface area contributed by atoms with E-state index in [1.54, 1.807) is 0 Å². The van der Waals surface area contributed by atoms with Crippen LogP contribution in [0.25, 0.3) is 10.8 Å². The molecule has 0 bridgehead atoms. The molecule has 1 atom stereocenters. The Bertz CT molecular complexity index is 623. The number of fused-ring (bicyclic) bond motifs is 1. The number of hydrogen-bond acceptors (Lipinski definition) is 2. The van der Waals surface area contributed by atoms with Gasteiger partial charge in [-0.3, -0.25) is 0 Å². The summed E-state index contributed by atoms with van der Waals surface area (Å²) in [6.07, 6.45) is 9.31. The second-order valence-corrected chi connectivity index (χ2v) is 7.04. The fourth-order valence-electron chi connectivity index (χ4n) is 3.15. The second kappa shape index (κ2) is 11.1. The van der Waals surface area contributed by atoms with Crippen molar-refractivity contribution >= 4 is 10.8 Å². The topological polar surface area (TPSA) is 21.3 Å². The van der Waals surface area contributed by atoms with E-state index in [2.05, 4.69) is 62.5 Å². The molecule has 0 saturated heterocycles. The van der Waals surface area contributed by atoms with Gasteiger partial charge in [0.05, 0.1) is 6.10 Å². The summed E-state index contributed by atoms with van der Waals surface area (Å²) in [4.78, 5) is 0. The molecule has 2 nitrogen and oxygen atoms in total. The summed E-state index contributed by atoms with van der Waals surface area (Å²) in [5.41, 5.74) is 1.30. The van der Waals surface area contributed by atoms with E-state index in [1.165, 1.54) is 54.9 Å². The Labute approximate surface area is 154 Å². The molecule has 0 aliphatic heterocycles. The van der Waals surface area contributed by atoms with E-state index >= 15 is 0 Å². The van der Waals surface area contributed by atoms with E-state index < -0.39 is 0 Å². The van der Waals surface area contributed by atoms with Gasteiger partial charge in [-0.1, -0.05) is 76.3 Å². The van der Waals surface area contributed by atoms with Crippen molar-refractivity contribution in [2.24, 2.45) is 0 Å². The molecule has 2 rings (SSSR count). The summed E-state index contributed by atoms with van der Waals surface area (Å²) in [5, 5.41) is 6.23. The van der Waals surface area contributed by atoms with Gasteiger partial charge in [0.2, 0.25) is 0 Å². The molecule has 0 saturated carbocycles. The average molecular weight is 342 g/mol. The first-order chi connectivity index (χ1) is 12.3. The van der Waals surface area contributed by atoms with Crippen molar-refractivity contribution in [1.82, 2.24) is 5.32 Å². The summed E-state index contributed by atoms with van der Waals surface area (Å²) in [6, 6.07) is 12.9. The molecule has 0 amide bonds. The number of rotatable bonds is 12. The minimum atomic E-state index is 0.249. The summed E-state index contributed by atoms with van der Waals surface area (Å²) >= 11 is 0. The van der Waals surface area contributed by atoms with Gasteiger partial charge >= 0.3 is 0 Å². The SMILES string of the molecule is CCCCCCCCNCc1c(OC(C)CC)ccc2ccccc12. The van der Waals surface area contributed by atoms with Gasteiger partial charge in [0, 0.05) is 12.1 Å². The Balaban J connectivity index is 1.95. The monoisotopic (exact) mass is 341 g/mol. The summed E-state index contributed by atoms with van der Waals surface area (Å²) in [7, 11) is 0. The number of benzene rings is 2. The van der Waals surface area contributed by atoms with Gasteiger partial charge in [0.1, 0.15) is 5.75 Å². The van der Waals surface area contributed by atoms with Gasteiger partial charge in [-0.2, -0.15) is 0 Å². The Hall–Kier alpha value is -1.54. The van der Waals surface area contributed by atoms with E-state index in [1.807, 2.05) is 0 Å². The molecule has 2 heteroatoms. The largest absolute Gasteiger partial charge is 0.490 e. The zero-order valence-electron chi connectivity index (χ0n) is 16.3. The molecule has 2 aromatic rings. The van der Waals surface area contributed by atoms with Crippen molar-refractivity contribution in [3.63, 3.8) is 0 Å². The predicted molar refractivity (Wildman–Crippen MR) is 109 cm³/mol. The van der Waals surface area contributed by atoms with E-state index in [4.69, 9.17) is 4.74 Å². The summed E-state index contributed by atoms with van der Waals surface area (Å²) < 4.78 is 6.19. The maximum absolute atomic E-state index is 6.19. The number of nitrogens with one attached hydrogen (secondary N) is 1. The van der Waals surface area contributed by atoms with Gasteiger partial charge in [-0.15, -0.1) is 0 Å². The van der Waals surface area contributed by atoms with Crippen LogP contribution >= 0.6 is 0 Å². The Kier molecular flexibility index (Phi) is 8.82. The van der Waals surface area contributed by atoms with Gasteiger partial charge in [0.15, 0.2) is 0 Å². The molecule has 0 aliphatic carbocycles. The molecule has 0 aliphatic rings. The molecule has 1 N–H and O–H groups in total. The minimum absolute atomic E-state index is 0.249. The van der Waals surface area contributed by atoms with Crippen LogP contribution in [-0.2, 0) is 6.54 Å². The zero-order valence-corrected chi connectivity index (χ0v) is 16.3. The van der Waals surface area contributed by atoms with Crippen LogP contribution in [0, 0.1) is 0 Å². The van der Waals surface area contributed by atoms with Crippen molar-refractivity contribution in [2.45, 2.75) is 78.4 Å². The van der Waals surface area contributed by atoms with Gasteiger partial charge < -0.3 is 10.1 Å². The third-order valence-electron chi connectivity index (χ3n) is 4.91. The standard InChI is InChI=1S/C23H35NO/c1-4-6-7-8-9-12-17-24-18-22-21-14-11-10-13-20(21)15-16-23(22)25-19(3)5-2/h10-11,13-16,19,24H,4-9,12,17-18H2,1-3H3. The minimum Gasteiger partial charge on any atom is -0.490 e. The lowest BCUT2D eigenvalue weighted by molar-refractivity contribution is 0.215. The van der Waals surface area contributed by atoms with E-state index in [0.29, 0.717) is 0 Å². The Morgan fingerprint density at radius 3 is 2.48 bits per heavy atom. The molecule has 1 unspecified atom stereocenters. The van der Waals surface area contributed by atoms with Crippen LogP contribution < -0.4 is 10.1 Å². The van der Waals surface area contributed by atoms with Crippen LogP contribution in [0.4, 0.5) is 0 Å². The van der Waals surface area contributed by atoms with Gasteiger partial charge in [-0.05, 0) is 43.1 Å². The lowest BCUT2D eigenvalue weighted by atomic mass is 10.0. The Morgan fingerprint density at radius 1 is 0.920 bits per heavy atom. The predicted octanol–water partition coefficient (Wildman–Crippen LogP) is 6.47. The first-order valence-electron chi connectivity index (χ1n) is 10.1. The molecule has 0 heterocycles. The van der Waals surface area contributed by atoms with Crippen LogP contribution in [0.3, 0.4) is 0 Å². The number of ether oxygens (including phenoxy) is 1. The van der Waals surface area contributed by atoms with Gasteiger partial charge in [-0.25, -0.2) is 0 Å². The van der Waals surface area contributed by atoms with Crippen molar-refractivity contribution in [3.05, 3.63) is 42.0 Å². The second-order valence-electron chi connectivity index (χ2n) is 7.04. The van der Waals surface area contributed by atoms with Crippen molar-refractivity contribution in [1.29, 1.82) is 0 Å². The maximum atomic E-state index is 6.19. The molecule has 138 valence electrons. The molecular weight excluding hydrogens is 306 g/mol. The van der Waals surface area contributed by atoms with Crippen LogP contribution in [0.1, 0.15) is 71.3 Å². The highest BCUT2D eigenvalue weighted by Gasteiger charge is 2.11. The van der Waals surface area contributed by atoms with Crippen molar-refractivity contribution < 1.29 is 4.74 Å². The van der Waals surface area contributed by atoms with Crippen LogP contribution in [0.2, 0.25) is 0 Å². The fraction of sp³-hybridized carbons (Fsp3) is 0.565. The third-order valence-corrected chi connectivity index (χ3v) is 4.91. The fourth-order valence-corrected chi connectivity index (χ4v) is 3.15. The van der Waals surface area contributed by atoms with E-state index in [9.17, 15) is 0 Å². The highest BCUT2D eigenvalue weighted by atomic mass is 16.5. The quantitative estimate of drug-likeness (QED) is 0.447. The van der Waals surface area contributed by atoms with E-state index in [-0.39, 0.29) is 6.10 Å². The number of hydrogen-bond donors (Lipinski definition) is 1. The van der Waals surface area contributed by atoms with Crippen LogP contribution in [0.15, 0.2) is 36.4 Å². The lowest BCUT2D eigenvalue weighted by Crippen LogP contribution is -2.17. The summed E-state index contributed by atoms with van der Waals surface area (Å²) in [6.45, 7) is 8.54. The average Bonchev–Trinajstić information content (AvgIpc) is 2.64. The third kappa shape index (κ3) is 6.36. The summed E-state index contributed by atoms with van der Waals surface area (Å²) in [5.74, 6) is 1.03. The first-order valence-corrected chi connectivity index (χ1v) is 10.1. The van der Waals surface area contributed by atoms with Gasteiger partial charge in [0.25, 0.3) is 0 Å². The maximum Gasteiger partial charge on any atom is 0.124 e. The van der Waals surface area contributed by atoms with Crippen molar-refractivity contribution in [2.75, 3.05) is 6.54 Å². The van der Waals surface area contributed by atoms with Crippen LogP contribution in [-0.4, -0.2) is 12.6 Å².